The van der Waals surface area contributed by atoms with Crippen LogP contribution in [0.15, 0.2) is 0 Å². The number of hydrogen-bond donors (Lipinski definition) is 0. The van der Waals surface area contributed by atoms with Crippen LogP contribution in [0.2, 0.25) is 0 Å². The zero-order valence-corrected chi connectivity index (χ0v) is 16.1. The maximum absolute atomic E-state index is 13.9. The van der Waals surface area contributed by atoms with Crippen molar-refractivity contribution >= 4 is 5.78 Å². The molecule has 1 nitrogen and oxygen atoms in total. The van der Waals surface area contributed by atoms with Crippen molar-refractivity contribution in [3.8, 4) is 0 Å². The smallest absolute Gasteiger partial charge is 0.139 e. The zero-order chi connectivity index (χ0) is 16.8. The van der Waals surface area contributed by atoms with Crippen molar-refractivity contribution in [2.24, 2.45) is 52.3 Å². The summed E-state index contributed by atoms with van der Waals surface area (Å²) < 4.78 is 0. The van der Waals surface area contributed by atoms with E-state index in [1.807, 2.05) is 0 Å². The van der Waals surface area contributed by atoms with E-state index in [9.17, 15) is 4.79 Å². The second-order valence-corrected chi connectivity index (χ2v) is 11.7. The van der Waals surface area contributed by atoms with Gasteiger partial charge in [-0.2, -0.15) is 0 Å². The van der Waals surface area contributed by atoms with E-state index in [2.05, 4.69) is 6.92 Å². The average molecular weight is 341 g/mol. The first-order chi connectivity index (χ1) is 12.1. The molecule has 0 spiro atoms. The minimum atomic E-state index is 0.144. The predicted octanol–water partition coefficient (Wildman–Crippen LogP) is 6.01. The minimum Gasteiger partial charge on any atom is -0.299 e. The summed E-state index contributed by atoms with van der Waals surface area (Å²) in [6.07, 6.45) is 17.9. The minimum absolute atomic E-state index is 0.144. The van der Waals surface area contributed by atoms with E-state index in [-0.39, 0.29) is 5.41 Å². The van der Waals surface area contributed by atoms with Gasteiger partial charge < -0.3 is 0 Å². The summed E-state index contributed by atoms with van der Waals surface area (Å²) in [5, 5.41) is 0. The molecule has 0 unspecified atom stereocenters. The summed E-state index contributed by atoms with van der Waals surface area (Å²) in [4.78, 5) is 13.9. The average Bonchev–Trinajstić information content (AvgIpc) is 2.56. The Morgan fingerprint density at radius 3 is 1.60 bits per heavy atom. The summed E-state index contributed by atoms with van der Waals surface area (Å²) in [5.41, 5.74) is 0.555. The number of carbonyl (C=O) groups is 1. The molecule has 0 saturated heterocycles. The molecule has 0 N–H and O–H groups in total. The van der Waals surface area contributed by atoms with Crippen LogP contribution in [0.25, 0.3) is 0 Å². The van der Waals surface area contributed by atoms with Crippen LogP contribution in [0.3, 0.4) is 0 Å². The molecule has 8 rings (SSSR count). The quantitative estimate of drug-likeness (QED) is 0.612. The number of ketones is 1. The standard InChI is InChI=1S/C24H36O/c1-2-24(20-7-15-3-16(9-20)10-21(24)8-15)14-22(25)23-11-17-4-18(12-23)6-19(5-17)13-23/h15-21H,2-14H2,1H3. The van der Waals surface area contributed by atoms with Crippen LogP contribution in [0.4, 0.5) is 0 Å². The van der Waals surface area contributed by atoms with Gasteiger partial charge in [-0.15, -0.1) is 0 Å². The fourth-order valence-corrected chi connectivity index (χ4v) is 10.1. The van der Waals surface area contributed by atoms with Crippen LogP contribution in [0, 0.1) is 52.3 Å². The third kappa shape index (κ3) is 2.10. The van der Waals surface area contributed by atoms with Gasteiger partial charge in [0.2, 0.25) is 0 Å². The highest BCUT2D eigenvalue weighted by molar-refractivity contribution is 5.86. The molecular formula is C24H36O. The van der Waals surface area contributed by atoms with Crippen molar-refractivity contribution in [1.29, 1.82) is 0 Å². The molecular weight excluding hydrogens is 304 g/mol. The molecule has 0 amide bonds. The molecule has 0 aromatic carbocycles. The molecule has 8 aliphatic rings. The fourth-order valence-electron chi connectivity index (χ4n) is 10.1. The Bertz CT molecular complexity index is 524. The number of hydrogen-bond acceptors (Lipinski definition) is 1. The Labute approximate surface area is 153 Å². The van der Waals surface area contributed by atoms with Gasteiger partial charge in [-0.05, 0) is 124 Å². The lowest BCUT2D eigenvalue weighted by atomic mass is 9.42. The van der Waals surface area contributed by atoms with Crippen molar-refractivity contribution in [3.05, 3.63) is 0 Å². The summed E-state index contributed by atoms with van der Waals surface area (Å²) in [7, 11) is 0. The Kier molecular flexibility index (Phi) is 3.23. The SMILES string of the molecule is CCC1(CC(=O)C23CC4CC(CC(C4)C2)C3)C2CC3CC(C2)CC1C3. The van der Waals surface area contributed by atoms with Crippen molar-refractivity contribution < 1.29 is 4.79 Å². The van der Waals surface area contributed by atoms with Crippen LogP contribution in [0.5, 0.6) is 0 Å². The monoisotopic (exact) mass is 340 g/mol. The summed E-state index contributed by atoms with van der Waals surface area (Å²) >= 11 is 0. The highest BCUT2D eigenvalue weighted by Gasteiger charge is 2.60. The number of rotatable bonds is 4. The van der Waals surface area contributed by atoms with Crippen LogP contribution < -0.4 is 0 Å². The van der Waals surface area contributed by atoms with Crippen LogP contribution in [-0.4, -0.2) is 5.78 Å². The van der Waals surface area contributed by atoms with E-state index in [0.717, 1.165) is 53.6 Å². The second-order valence-electron chi connectivity index (χ2n) is 11.7. The van der Waals surface area contributed by atoms with E-state index in [1.54, 1.807) is 0 Å². The summed E-state index contributed by atoms with van der Waals surface area (Å²) in [6, 6.07) is 0. The molecule has 8 bridgehead atoms. The topological polar surface area (TPSA) is 17.1 Å². The van der Waals surface area contributed by atoms with Gasteiger partial charge in [-0.3, -0.25) is 4.79 Å². The molecule has 0 radical (unpaired) electrons. The molecule has 0 aliphatic heterocycles. The van der Waals surface area contributed by atoms with Gasteiger partial charge in [-0.1, -0.05) is 6.92 Å². The van der Waals surface area contributed by atoms with Gasteiger partial charge in [0.1, 0.15) is 5.78 Å². The first-order valence-electron chi connectivity index (χ1n) is 11.6. The molecule has 0 atom stereocenters. The summed E-state index contributed by atoms with van der Waals surface area (Å²) in [6.45, 7) is 2.43. The van der Waals surface area contributed by atoms with E-state index < -0.39 is 0 Å². The molecule has 0 aromatic heterocycles. The van der Waals surface area contributed by atoms with E-state index in [1.165, 1.54) is 77.0 Å². The first kappa shape index (κ1) is 15.7. The lowest BCUT2D eigenvalue weighted by Crippen LogP contribution is -2.56. The molecule has 1 heteroatoms. The molecule has 25 heavy (non-hydrogen) atoms. The fraction of sp³-hybridized carbons (Fsp3) is 0.958. The van der Waals surface area contributed by atoms with Crippen LogP contribution in [-0.2, 0) is 4.79 Å². The number of Topliss-reactive ketones (excluding diaryl/α,β-unsaturated/α-hetero) is 1. The van der Waals surface area contributed by atoms with Gasteiger partial charge in [0.15, 0.2) is 0 Å². The van der Waals surface area contributed by atoms with Gasteiger partial charge in [0.05, 0.1) is 0 Å². The highest BCUT2D eigenvalue weighted by Crippen LogP contribution is 2.67. The Hall–Kier alpha value is -0.330. The van der Waals surface area contributed by atoms with Gasteiger partial charge in [0.25, 0.3) is 0 Å². The second kappa shape index (κ2) is 5.14. The number of carbonyl (C=O) groups excluding carboxylic acids is 1. The highest BCUT2D eigenvalue weighted by atomic mass is 16.1. The van der Waals surface area contributed by atoms with E-state index >= 15 is 0 Å². The van der Waals surface area contributed by atoms with Crippen molar-refractivity contribution in [2.75, 3.05) is 0 Å². The first-order valence-corrected chi connectivity index (χ1v) is 11.6. The van der Waals surface area contributed by atoms with Crippen molar-refractivity contribution in [3.63, 3.8) is 0 Å². The van der Waals surface area contributed by atoms with Gasteiger partial charge >= 0.3 is 0 Å². The maximum atomic E-state index is 13.9. The van der Waals surface area contributed by atoms with Crippen molar-refractivity contribution in [2.45, 2.75) is 90.4 Å². The van der Waals surface area contributed by atoms with E-state index in [0.29, 0.717) is 5.41 Å². The molecule has 8 saturated carbocycles. The summed E-state index contributed by atoms with van der Waals surface area (Å²) in [5.74, 6) is 7.32. The van der Waals surface area contributed by atoms with E-state index in [4.69, 9.17) is 0 Å². The largest absolute Gasteiger partial charge is 0.299 e. The Morgan fingerprint density at radius 2 is 1.16 bits per heavy atom. The predicted molar refractivity (Wildman–Crippen MR) is 100.0 cm³/mol. The van der Waals surface area contributed by atoms with Crippen LogP contribution in [0.1, 0.15) is 90.4 Å². The van der Waals surface area contributed by atoms with Crippen molar-refractivity contribution in [1.82, 2.24) is 0 Å². The molecule has 8 fully saturated rings. The van der Waals surface area contributed by atoms with Gasteiger partial charge in [0, 0.05) is 11.8 Å². The third-order valence-electron chi connectivity index (χ3n) is 10.5. The van der Waals surface area contributed by atoms with Gasteiger partial charge in [-0.25, -0.2) is 0 Å². The molecule has 0 heterocycles. The lowest BCUT2D eigenvalue weighted by Gasteiger charge is -2.62. The maximum Gasteiger partial charge on any atom is 0.139 e. The molecule has 8 aliphatic carbocycles. The Balaban J connectivity index is 1.29. The zero-order valence-electron chi connectivity index (χ0n) is 16.1. The third-order valence-corrected chi connectivity index (χ3v) is 10.5. The lowest BCUT2D eigenvalue weighted by molar-refractivity contribution is -0.159. The Morgan fingerprint density at radius 1 is 0.720 bits per heavy atom. The normalized spacial score (nSPS) is 58.0. The molecule has 0 aromatic rings. The molecule has 138 valence electrons. The van der Waals surface area contributed by atoms with Crippen LogP contribution >= 0.6 is 0 Å².